The Morgan fingerprint density at radius 2 is 1.84 bits per heavy atom. The summed E-state index contributed by atoms with van der Waals surface area (Å²) in [4.78, 5) is 35.3. The van der Waals surface area contributed by atoms with Crippen LogP contribution in [0.15, 0.2) is 71.8 Å². The molecule has 9 nitrogen and oxygen atoms in total. The molecule has 0 bridgehead atoms. The minimum Gasteiger partial charge on any atom is -0.392 e. The first-order chi connectivity index (χ1) is 21.0. The molecule has 4 aromatic rings. The highest BCUT2D eigenvalue weighted by Crippen LogP contribution is 2.41. The highest BCUT2D eigenvalue weighted by molar-refractivity contribution is 6.09. The van der Waals surface area contributed by atoms with E-state index in [1.165, 1.54) is 23.0 Å². The van der Waals surface area contributed by atoms with Crippen molar-refractivity contribution in [1.82, 2.24) is 9.55 Å². The number of nitrogens with zero attached hydrogens (tertiary/aromatic N) is 4. The van der Waals surface area contributed by atoms with Crippen molar-refractivity contribution in [3.8, 4) is 11.1 Å². The Balaban J connectivity index is 1.18. The van der Waals surface area contributed by atoms with Crippen molar-refractivity contribution in [2.75, 3.05) is 48.0 Å². The summed E-state index contributed by atoms with van der Waals surface area (Å²) in [5.41, 5.74) is 7.19. The van der Waals surface area contributed by atoms with E-state index in [1.54, 1.807) is 30.4 Å². The van der Waals surface area contributed by atoms with E-state index in [0.717, 1.165) is 47.5 Å². The Kier molecular flexibility index (Phi) is 7.20. The van der Waals surface area contributed by atoms with Crippen LogP contribution >= 0.6 is 0 Å². The highest BCUT2D eigenvalue weighted by atomic mass is 16.5. The van der Waals surface area contributed by atoms with Gasteiger partial charge in [0.25, 0.3) is 11.5 Å². The van der Waals surface area contributed by atoms with E-state index in [0.29, 0.717) is 48.4 Å². The third kappa shape index (κ3) is 5.30. The van der Waals surface area contributed by atoms with Crippen molar-refractivity contribution in [2.45, 2.75) is 31.8 Å². The van der Waals surface area contributed by atoms with Gasteiger partial charge in [0.1, 0.15) is 11.5 Å². The number of benzene rings is 2. The number of aliphatic hydroxyl groups is 1. The van der Waals surface area contributed by atoms with E-state index in [9.17, 15) is 14.7 Å². The third-order valence-electron chi connectivity index (χ3n) is 8.74. The number of carbonyl (C=O) groups excluding carboxylic acids is 1. The summed E-state index contributed by atoms with van der Waals surface area (Å²) < 4.78 is 6.96. The summed E-state index contributed by atoms with van der Waals surface area (Å²) in [5, 5.41) is 13.8. The molecule has 2 aromatic carbocycles. The van der Waals surface area contributed by atoms with E-state index in [1.807, 2.05) is 36.4 Å². The molecule has 1 amide bonds. The fourth-order valence-corrected chi connectivity index (χ4v) is 6.23. The Morgan fingerprint density at radius 3 is 2.58 bits per heavy atom. The van der Waals surface area contributed by atoms with Gasteiger partial charge < -0.3 is 29.5 Å². The van der Waals surface area contributed by atoms with Crippen LogP contribution in [-0.4, -0.2) is 53.4 Å². The van der Waals surface area contributed by atoms with Crippen LogP contribution in [0.2, 0.25) is 0 Å². The van der Waals surface area contributed by atoms with Crippen molar-refractivity contribution >= 4 is 28.8 Å². The first kappa shape index (κ1) is 27.4. The van der Waals surface area contributed by atoms with Crippen molar-refractivity contribution in [2.24, 2.45) is 7.05 Å². The van der Waals surface area contributed by atoms with Gasteiger partial charge in [0.05, 0.1) is 37.4 Å². The number of aryl methyl sites for hydroxylation is 1. The van der Waals surface area contributed by atoms with Gasteiger partial charge in [0, 0.05) is 49.6 Å². The predicted molar refractivity (Wildman–Crippen MR) is 167 cm³/mol. The van der Waals surface area contributed by atoms with Crippen molar-refractivity contribution < 1.29 is 14.6 Å². The molecule has 9 heteroatoms. The smallest absolute Gasteiger partial charge is 0.274 e. The van der Waals surface area contributed by atoms with E-state index < -0.39 is 0 Å². The van der Waals surface area contributed by atoms with Crippen molar-refractivity contribution in [3.05, 3.63) is 99.6 Å². The van der Waals surface area contributed by atoms with Crippen molar-refractivity contribution in [3.63, 3.8) is 0 Å². The standard InChI is InChI=1S/C34H35N5O4/c1-37-20-25(18-30(34(37)42)36-32-10-8-26(19-35-32)38-13-15-43-16-14-38)27-3-2-4-31(29(27)21-40)39-12-11-24-17-23(22-5-6-22)7-9-28(24)33(39)41/h2-4,7-10,17-20,22,40H,5-6,11-16,21H2,1H3,(H,35,36). The van der Waals surface area contributed by atoms with E-state index in [2.05, 4.69) is 27.3 Å². The van der Waals surface area contributed by atoms with Crippen LogP contribution in [-0.2, 0) is 24.8 Å². The number of anilines is 4. The fraction of sp³-hybridized carbons (Fsp3) is 0.324. The number of amides is 1. The Labute approximate surface area is 250 Å². The maximum Gasteiger partial charge on any atom is 0.274 e. The number of nitrogens with one attached hydrogen (secondary N) is 1. The zero-order chi connectivity index (χ0) is 29.5. The predicted octanol–water partition coefficient (Wildman–Crippen LogP) is 4.60. The van der Waals surface area contributed by atoms with Gasteiger partial charge in [-0.3, -0.25) is 9.59 Å². The lowest BCUT2D eigenvalue weighted by Gasteiger charge is -2.31. The van der Waals surface area contributed by atoms with E-state index >= 15 is 0 Å². The van der Waals surface area contributed by atoms with Crippen LogP contribution in [0.25, 0.3) is 11.1 Å². The zero-order valence-electron chi connectivity index (χ0n) is 24.3. The molecule has 3 aliphatic rings. The summed E-state index contributed by atoms with van der Waals surface area (Å²) in [6.07, 6.45) is 6.78. The molecule has 1 saturated heterocycles. The summed E-state index contributed by atoms with van der Waals surface area (Å²) in [7, 11) is 1.70. The second-order valence-corrected chi connectivity index (χ2v) is 11.5. The average molecular weight is 578 g/mol. The molecule has 220 valence electrons. The van der Waals surface area contributed by atoms with Gasteiger partial charge in [0.2, 0.25) is 0 Å². The number of aromatic nitrogens is 2. The summed E-state index contributed by atoms with van der Waals surface area (Å²) in [6.45, 7) is 3.32. The number of aliphatic hydroxyl groups excluding tert-OH is 1. The molecule has 2 aliphatic heterocycles. The molecule has 0 atom stereocenters. The van der Waals surface area contributed by atoms with Crippen LogP contribution < -0.4 is 20.7 Å². The largest absolute Gasteiger partial charge is 0.392 e. The number of ether oxygens (including phenoxy) is 1. The second kappa shape index (κ2) is 11.3. The van der Waals surface area contributed by atoms with Crippen LogP contribution in [0, 0.1) is 0 Å². The summed E-state index contributed by atoms with van der Waals surface area (Å²) in [5.74, 6) is 1.15. The van der Waals surface area contributed by atoms with E-state index in [-0.39, 0.29) is 18.1 Å². The molecule has 4 heterocycles. The average Bonchev–Trinajstić information content (AvgIpc) is 3.90. The molecular weight excluding hydrogens is 542 g/mol. The third-order valence-corrected chi connectivity index (χ3v) is 8.74. The molecular formula is C34H35N5O4. The fourth-order valence-electron chi connectivity index (χ4n) is 6.23. The molecule has 2 N–H and O–H groups in total. The lowest BCUT2D eigenvalue weighted by atomic mass is 9.93. The number of fused-ring (bicyclic) bond motifs is 1. The quantitative estimate of drug-likeness (QED) is 0.331. The summed E-state index contributed by atoms with van der Waals surface area (Å²) >= 11 is 0. The number of hydrogen-bond acceptors (Lipinski definition) is 7. The minimum absolute atomic E-state index is 0.0511. The molecule has 1 saturated carbocycles. The first-order valence-corrected chi connectivity index (χ1v) is 14.9. The number of pyridine rings is 2. The summed E-state index contributed by atoms with van der Waals surface area (Å²) in [6, 6.07) is 17.6. The van der Waals surface area contributed by atoms with E-state index in [4.69, 9.17) is 4.74 Å². The minimum atomic E-state index is -0.251. The lowest BCUT2D eigenvalue weighted by molar-refractivity contribution is 0.0980. The van der Waals surface area contributed by atoms with Crippen molar-refractivity contribution in [1.29, 1.82) is 0 Å². The first-order valence-electron chi connectivity index (χ1n) is 14.9. The van der Waals surface area contributed by atoms with Crippen LogP contribution in [0.5, 0.6) is 0 Å². The monoisotopic (exact) mass is 577 g/mol. The normalized spacial score (nSPS) is 16.7. The molecule has 0 unspecified atom stereocenters. The zero-order valence-corrected chi connectivity index (χ0v) is 24.3. The number of morpholine rings is 1. The topological polar surface area (TPSA) is 99.9 Å². The lowest BCUT2D eigenvalue weighted by Crippen LogP contribution is -2.38. The van der Waals surface area contributed by atoms with Gasteiger partial charge in [-0.25, -0.2) is 4.98 Å². The molecule has 2 fully saturated rings. The molecule has 0 spiro atoms. The van der Waals surface area contributed by atoms with Gasteiger partial charge in [-0.1, -0.05) is 24.3 Å². The molecule has 1 aliphatic carbocycles. The Bertz CT molecular complexity index is 1740. The van der Waals surface area contributed by atoms with Gasteiger partial charge >= 0.3 is 0 Å². The number of rotatable bonds is 7. The SMILES string of the molecule is Cn1cc(-c2cccc(N3CCc4cc(C5CC5)ccc4C3=O)c2CO)cc(Nc2ccc(N3CCOCC3)cn2)c1=O. The van der Waals surface area contributed by atoms with Gasteiger partial charge in [0.15, 0.2) is 0 Å². The van der Waals surface area contributed by atoms with Gasteiger partial charge in [-0.2, -0.15) is 0 Å². The molecule has 2 aromatic heterocycles. The molecule has 0 radical (unpaired) electrons. The highest BCUT2D eigenvalue weighted by Gasteiger charge is 2.30. The maximum atomic E-state index is 13.7. The number of hydrogen-bond donors (Lipinski definition) is 2. The number of carbonyl (C=O) groups is 1. The van der Waals surface area contributed by atoms with Gasteiger partial charge in [-0.15, -0.1) is 0 Å². The Hall–Kier alpha value is -4.47. The van der Waals surface area contributed by atoms with Gasteiger partial charge in [-0.05, 0) is 72.2 Å². The molecule has 43 heavy (non-hydrogen) atoms. The van der Waals surface area contributed by atoms with Crippen LogP contribution in [0.3, 0.4) is 0 Å². The maximum absolute atomic E-state index is 13.7. The van der Waals surface area contributed by atoms with Crippen LogP contribution in [0.4, 0.5) is 22.9 Å². The Morgan fingerprint density at radius 1 is 1.00 bits per heavy atom. The van der Waals surface area contributed by atoms with Crippen LogP contribution in [0.1, 0.15) is 45.8 Å². The molecule has 7 rings (SSSR count). The second-order valence-electron chi connectivity index (χ2n) is 11.5.